The molecule has 0 spiro atoms. The smallest absolute Gasteiger partial charge is 0.188 e. The van der Waals surface area contributed by atoms with Crippen LogP contribution in [0.1, 0.15) is 105 Å². The molecular formula is C67H64N4. The molecule has 2 heterocycles. The molecule has 2 aromatic heterocycles. The third-order valence-corrected chi connectivity index (χ3v) is 14.9. The van der Waals surface area contributed by atoms with Crippen molar-refractivity contribution in [2.45, 2.75) is 105 Å². The number of rotatable bonds is 6. The molecule has 0 radical (unpaired) electrons. The molecule has 352 valence electrons. The Bertz CT molecular complexity index is 3510. The standard InChI is InChI=1S/C67H64N4/c1-64(2,3)46-16-26-51(27-17-46)69(52-28-18-47(19-29-52)65(4,5)6)55-24-14-42-36-57-59-40-50(68-13)41-60-58-37-43-15-25-56(35-45(43)39-62(58)71(63(59)60)61(57)38-44(42)34-55)70(53-30-20-48(21-31-53)66(7,8)9)54-32-22-49(23-33-54)67(10,11)12/h14-41H,1-12H3. The summed E-state index contributed by atoms with van der Waals surface area (Å²) in [5, 5.41) is 9.17. The van der Waals surface area contributed by atoms with Gasteiger partial charge in [0.05, 0.1) is 23.1 Å². The van der Waals surface area contributed by atoms with Gasteiger partial charge in [-0.2, -0.15) is 0 Å². The molecule has 0 atom stereocenters. The van der Waals surface area contributed by atoms with Gasteiger partial charge in [0.1, 0.15) is 0 Å². The van der Waals surface area contributed by atoms with Crippen molar-refractivity contribution in [1.82, 2.24) is 4.40 Å². The van der Waals surface area contributed by atoms with Crippen molar-refractivity contribution < 1.29 is 0 Å². The van der Waals surface area contributed by atoms with Gasteiger partial charge < -0.3 is 14.2 Å². The second-order valence-electron chi connectivity index (χ2n) is 24.0. The molecule has 4 heteroatoms. The van der Waals surface area contributed by atoms with Crippen molar-refractivity contribution in [2.24, 2.45) is 0 Å². The van der Waals surface area contributed by atoms with E-state index in [9.17, 15) is 0 Å². The molecule has 11 rings (SSSR count). The van der Waals surface area contributed by atoms with Gasteiger partial charge in [0.15, 0.2) is 5.69 Å². The molecule has 0 aliphatic rings. The summed E-state index contributed by atoms with van der Waals surface area (Å²) in [6.07, 6.45) is 0. The highest BCUT2D eigenvalue weighted by atomic mass is 15.1. The van der Waals surface area contributed by atoms with Gasteiger partial charge in [0.2, 0.25) is 0 Å². The Labute approximate surface area is 419 Å². The van der Waals surface area contributed by atoms with Gasteiger partial charge in [-0.3, -0.25) is 0 Å². The third kappa shape index (κ3) is 8.02. The lowest BCUT2D eigenvalue weighted by Crippen LogP contribution is -2.14. The summed E-state index contributed by atoms with van der Waals surface area (Å²) in [7, 11) is 0. The highest BCUT2D eigenvalue weighted by Gasteiger charge is 2.24. The maximum Gasteiger partial charge on any atom is 0.188 e. The second-order valence-corrected chi connectivity index (χ2v) is 24.0. The molecule has 0 unspecified atom stereocenters. The Hall–Kier alpha value is -7.61. The van der Waals surface area contributed by atoms with Gasteiger partial charge in [0.25, 0.3) is 0 Å². The number of aromatic nitrogens is 1. The van der Waals surface area contributed by atoms with Crippen LogP contribution in [-0.2, 0) is 21.7 Å². The summed E-state index contributed by atoms with van der Waals surface area (Å²) in [6.45, 7) is 35.4. The summed E-state index contributed by atoms with van der Waals surface area (Å²) in [5.41, 5.74) is 16.2. The number of hydrogen-bond acceptors (Lipinski definition) is 2. The fourth-order valence-corrected chi connectivity index (χ4v) is 10.7. The lowest BCUT2D eigenvalue weighted by molar-refractivity contribution is 0.590. The molecule has 0 amide bonds. The zero-order valence-electron chi connectivity index (χ0n) is 43.5. The Morgan fingerprint density at radius 2 is 0.620 bits per heavy atom. The molecule has 0 saturated heterocycles. The Morgan fingerprint density at radius 1 is 0.324 bits per heavy atom. The van der Waals surface area contributed by atoms with Crippen LogP contribution in [0.5, 0.6) is 0 Å². The van der Waals surface area contributed by atoms with Crippen molar-refractivity contribution in [1.29, 1.82) is 0 Å². The third-order valence-electron chi connectivity index (χ3n) is 14.9. The molecule has 11 aromatic rings. The molecule has 0 fully saturated rings. The van der Waals surface area contributed by atoms with E-state index in [1.165, 1.54) is 22.3 Å². The first-order valence-corrected chi connectivity index (χ1v) is 25.2. The van der Waals surface area contributed by atoms with E-state index in [-0.39, 0.29) is 21.7 Å². The van der Waals surface area contributed by atoms with Crippen molar-refractivity contribution in [3.63, 3.8) is 0 Å². The van der Waals surface area contributed by atoms with Crippen molar-refractivity contribution in [3.8, 4) is 0 Å². The first kappa shape index (κ1) is 45.8. The molecule has 0 aliphatic heterocycles. The zero-order chi connectivity index (χ0) is 49.9. The molecule has 71 heavy (non-hydrogen) atoms. The molecule has 4 nitrogen and oxygen atoms in total. The monoisotopic (exact) mass is 925 g/mol. The minimum Gasteiger partial charge on any atom is -0.310 e. The molecule has 0 saturated carbocycles. The molecule has 9 aromatic carbocycles. The minimum absolute atomic E-state index is 0.0506. The topological polar surface area (TPSA) is 15.3 Å². The molecular weight excluding hydrogens is 861 g/mol. The first-order chi connectivity index (χ1) is 33.6. The van der Waals surface area contributed by atoms with E-state index in [1.54, 1.807) is 0 Å². The number of fused-ring (bicyclic) bond motifs is 8. The van der Waals surface area contributed by atoms with Crippen molar-refractivity contribution in [2.75, 3.05) is 9.80 Å². The summed E-state index contributed by atoms with van der Waals surface area (Å²) < 4.78 is 2.46. The average molecular weight is 925 g/mol. The van der Waals surface area contributed by atoms with E-state index in [0.717, 1.165) is 93.8 Å². The number of anilines is 6. The largest absolute Gasteiger partial charge is 0.310 e. The van der Waals surface area contributed by atoms with Gasteiger partial charge in [-0.25, -0.2) is 4.85 Å². The van der Waals surface area contributed by atoms with Gasteiger partial charge in [-0.15, -0.1) is 0 Å². The van der Waals surface area contributed by atoms with E-state index >= 15 is 0 Å². The maximum absolute atomic E-state index is 8.20. The minimum atomic E-state index is 0.0506. The van der Waals surface area contributed by atoms with Crippen LogP contribution in [0.25, 0.3) is 64.5 Å². The van der Waals surface area contributed by atoms with Crippen molar-refractivity contribution >= 4 is 99.5 Å². The number of nitrogens with zero attached hydrogens (tertiary/aromatic N) is 4. The SMILES string of the molecule is [C-]#[N+]c1cc2c3cc4ccc(N(c5ccc(C(C)(C)C)cc5)c5ccc(C(C)(C)C)cc5)cc4cc3n3c4cc5cc(N(c6ccc(C(C)(C)C)cc6)c6ccc(C(C)(C)C)cc6)ccc5cc4c(c1)c23. The fourth-order valence-electron chi connectivity index (χ4n) is 10.7. The summed E-state index contributed by atoms with van der Waals surface area (Å²) >= 11 is 0. The normalized spacial score (nSPS) is 12.8. The molecule has 0 N–H and O–H groups in total. The van der Waals surface area contributed by atoms with E-state index in [1.807, 2.05) is 0 Å². The Morgan fingerprint density at radius 3 is 0.901 bits per heavy atom. The Kier molecular flexibility index (Phi) is 10.5. The van der Waals surface area contributed by atoms with E-state index in [0.29, 0.717) is 5.69 Å². The zero-order valence-corrected chi connectivity index (χ0v) is 43.5. The highest BCUT2D eigenvalue weighted by Crippen LogP contribution is 2.46. The number of hydrogen-bond donors (Lipinski definition) is 0. The summed E-state index contributed by atoms with van der Waals surface area (Å²) in [5.74, 6) is 0. The average Bonchev–Trinajstić information content (AvgIpc) is 3.82. The van der Waals surface area contributed by atoms with Crippen LogP contribution in [0.15, 0.2) is 170 Å². The van der Waals surface area contributed by atoms with Crippen LogP contribution in [0.3, 0.4) is 0 Å². The summed E-state index contributed by atoms with van der Waals surface area (Å²) in [6, 6.07) is 63.6. The van der Waals surface area contributed by atoms with Crippen LogP contribution in [-0.4, -0.2) is 4.40 Å². The second kappa shape index (κ2) is 16.2. The quantitative estimate of drug-likeness (QED) is 0.154. The van der Waals surface area contributed by atoms with E-state index in [2.05, 4.69) is 272 Å². The lowest BCUT2D eigenvalue weighted by Gasteiger charge is -2.28. The number of benzene rings is 9. The van der Waals surface area contributed by atoms with Gasteiger partial charge >= 0.3 is 0 Å². The van der Waals surface area contributed by atoms with Crippen LogP contribution in [0, 0.1) is 6.57 Å². The van der Waals surface area contributed by atoms with Crippen LogP contribution in [0.2, 0.25) is 0 Å². The van der Waals surface area contributed by atoms with Crippen LogP contribution < -0.4 is 9.80 Å². The predicted octanol–water partition coefficient (Wildman–Crippen LogP) is 19.8. The lowest BCUT2D eigenvalue weighted by atomic mass is 9.86. The van der Waals surface area contributed by atoms with Gasteiger partial charge in [0, 0.05) is 44.9 Å². The van der Waals surface area contributed by atoms with E-state index in [4.69, 9.17) is 6.57 Å². The van der Waals surface area contributed by atoms with Crippen LogP contribution >= 0.6 is 0 Å². The van der Waals surface area contributed by atoms with Crippen LogP contribution in [0.4, 0.5) is 39.8 Å². The van der Waals surface area contributed by atoms with E-state index < -0.39 is 0 Å². The predicted molar refractivity (Wildman–Crippen MR) is 307 cm³/mol. The fraction of sp³-hybridized carbons (Fsp3) is 0.239. The maximum atomic E-state index is 8.20. The Balaban J connectivity index is 1.10. The first-order valence-electron chi connectivity index (χ1n) is 25.2. The van der Waals surface area contributed by atoms with Gasteiger partial charge in [-0.05, 0) is 185 Å². The summed E-state index contributed by atoms with van der Waals surface area (Å²) in [4.78, 5) is 8.79. The highest BCUT2D eigenvalue weighted by molar-refractivity contribution is 6.27. The van der Waals surface area contributed by atoms with Gasteiger partial charge in [-0.1, -0.05) is 144 Å². The molecule has 0 aliphatic carbocycles. The van der Waals surface area contributed by atoms with Crippen molar-refractivity contribution in [3.05, 3.63) is 204 Å². The molecule has 0 bridgehead atoms.